The number of ether oxygens (including phenoxy) is 3. The number of nitrogens with one attached hydrogen (secondary N) is 6. The number of amides is 7. The van der Waals surface area contributed by atoms with Crippen LogP contribution in [0.1, 0.15) is 125 Å². The summed E-state index contributed by atoms with van der Waals surface area (Å²) in [5.74, 6) is -5.18. The Bertz CT molecular complexity index is 2200. The Kier molecular flexibility index (Phi) is 21.9. The van der Waals surface area contributed by atoms with Gasteiger partial charge in [-0.1, -0.05) is 60.7 Å². The fourth-order valence-electron chi connectivity index (χ4n) is 7.83. The molecule has 0 radical (unpaired) electrons. The number of alkyl halides is 3. The Morgan fingerprint density at radius 3 is 1.56 bits per heavy atom. The van der Waals surface area contributed by atoms with Crippen LogP contribution in [0.2, 0.25) is 0 Å². The fourth-order valence-corrected chi connectivity index (χ4v) is 7.83. The van der Waals surface area contributed by atoms with Crippen LogP contribution in [0.15, 0.2) is 60.7 Å². The lowest BCUT2D eigenvalue weighted by molar-refractivity contribution is -0.152. The number of carboxylic acids is 1. The molecule has 406 valence electrons. The van der Waals surface area contributed by atoms with E-state index in [1.54, 1.807) is 123 Å². The van der Waals surface area contributed by atoms with Gasteiger partial charge in [0.25, 0.3) is 0 Å². The highest BCUT2D eigenvalue weighted by Gasteiger charge is 2.48. The number of carbonyl (C=O) groups is 8. The summed E-state index contributed by atoms with van der Waals surface area (Å²) in [4.78, 5) is 109. The Balaban J connectivity index is 1.97. The Morgan fingerprint density at radius 2 is 1.08 bits per heavy atom. The standard InChI is InChI=1S/C51H74F3N7O12/c1-32-31-50(43(66)67,60-46(70)73-49(8,9)10)26-28-61(32)42(65)36(23-17-18-27-55-44(68)71-47(2,3)4)57-39(62)35(24-25-51(52,53)54)56-40(63)37(29-33-19-13-11-14-20-33)58-41(64)38(30-34-21-15-12-16-22-34)59-45(69)72-48(5,6)7/h11-16,19-22,32,35-38H,17-18,23-31H2,1-10H3,(H,55,68)(H,56,63)(H,57,62)(H,58,64)(H,59,69)(H,60,70)(H,66,67)/t32?,35?,36-,37-,38-,50?/m1/s1. The second-order valence-electron chi connectivity index (χ2n) is 21.2. The maximum atomic E-state index is 14.5. The SMILES string of the molecule is CC1CC(NC(=O)OC(C)(C)C)(C(=O)O)CCN1C(=O)[C@@H](CCCCNC(=O)OC(C)(C)C)NC(=O)C(CCC(F)(F)F)NC(=O)[C@@H](Cc1ccccc1)NC(=O)[C@@H](Cc1ccccc1)NC(=O)OC(C)(C)C. The van der Waals surface area contributed by atoms with Crippen LogP contribution in [0.4, 0.5) is 27.6 Å². The summed E-state index contributed by atoms with van der Waals surface area (Å²) >= 11 is 0. The number of carboxylic acid groups (broad SMARTS) is 1. The quantitative estimate of drug-likeness (QED) is 0.0544. The Morgan fingerprint density at radius 1 is 0.630 bits per heavy atom. The lowest BCUT2D eigenvalue weighted by atomic mass is 9.83. The highest BCUT2D eigenvalue weighted by atomic mass is 19.4. The van der Waals surface area contributed by atoms with Gasteiger partial charge in [-0.05, 0) is 112 Å². The van der Waals surface area contributed by atoms with Crippen LogP contribution in [0.3, 0.4) is 0 Å². The second kappa shape index (κ2) is 26.4. The summed E-state index contributed by atoms with van der Waals surface area (Å²) in [7, 11) is 0. The van der Waals surface area contributed by atoms with E-state index in [9.17, 15) is 56.6 Å². The number of hydrogen-bond donors (Lipinski definition) is 7. The van der Waals surface area contributed by atoms with Crippen LogP contribution in [0.25, 0.3) is 0 Å². The van der Waals surface area contributed by atoms with E-state index in [0.29, 0.717) is 11.1 Å². The summed E-state index contributed by atoms with van der Waals surface area (Å²) in [6.07, 6.45) is -10.5. The number of aliphatic carboxylic acids is 1. The third-order valence-corrected chi connectivity index (χ3v) is 11.1. The number of likely N-dealkylation sites (tertiary alicyclic amines) is 1. The zero-order chi connectivity index (χ0) is 55.0. The number of benzene rings is 2. The van der Waals surface area contributed by atoms with Crippen LogP contribution in [0, 0.1) is 0 Å². The third kappa shape index (κ3) is 22.4. The summed E-state index contributed by atoms with van der Waals surface area (Å²) in [5.41, 5.74) is -3.38. The van der Waals surface area contributed by atoms with Gasteiger partial charge >= 0.3 is 30.4 Å². The van der Waals surface area contributed by atoms with Gasteiger partial charge < -0.3 is 56.1 Å². The normalized spacial score (nSPS) is 17.8. The molecule has 0 aromatic heterocycles. The van der Waals surface area contributed by atoms with E-state index in [1.165, 1.54) is 11.8 Å². The molecule has 1 aliphatic heterocycles. The molecule has 73 heavy (non-hydrogen) atoms. The highest BCUT2D eigenvalue weighted by Crippen LogP contribution is 2.30. The molecular formula is C51H74F3N7O12. The largest absolute Gasteiger partial charge is 0.480 e. The minimum Gasteiger partial charge on any atom is -0.480 e. The molecule has 7 amide bonds. The van der Waals surface area contributed by atoms with Gasteiger partial charge in [0.15, 0.2) is 0 Å². The van der Waals surface area contributed by atoms with E-state index in [1.807, 2.05) is 0 Å². The number of hydrogen-bond acceptors (Lipinski definition) is 11. The van der Waals surface area contributed by atoms with E-state index in [4.69, 9.17) is 14.2 Å². The first-order valence-electron chi connectivity index (χ1n) is 24.3. The topological polar surface area (TPSA) is 260 Å². The Labute approximate surface area is 425 Å². The van der Waals surface area contributed by atoms with Crippen LogP contribution in [-0.2, 0) is 51.0 Å². The molecule has 0 saturated carbocycles. The molecule has 1 heterocycles. The van der Waals surface area contributed by atoms with Crippen molar-refractivity contribution in [3.05, 3.63) is 71.8 Å². The predicted octanol–water partition coefficient (Wildman–Crippen LogP) is 6.22. The van der Waals surface area contributed by atoms with Crippen molar-refractivity contribution in [3.63, 3.8) is 0 Å². The molecule has 0 bridgehead atoms. The van der Waals surface area contributed by atoms with Gasteiger partial charge in [0.2, 0.25) is 23.6 Å². The zero-order valence-electron chi connectivity index (χ0n) is 43.5. The van der Waals surface area contributed by atoms with E-state index in [2.05, 4.69) is 31.9 Å². The van der Waals surface area contributed by atoms with Gasteiger partial charge in [-0.2, -0.15) is 13.2 Å². The van der Waals surface area contributed by atoms with Crippen LogP contribution in [0.5, 0.6) is 0 Å². The zero-order valence-corrected chi connectivity index (χ0v) is 43.5. The van der Waals surface area contributed by atoms with E-state index >= 15 is 0 Å². The van der Waals surface area contributed by atoms with Crippen molar-refractivity contribution < 1.29 is 70.8 Å². The van der Waals surface area contributed by atoms with Crippen LogP contribution in [-0.4, -0.2) is 130 Å². The van der Waals surface area contributed by atoms with E-state index in [0.717, 1.165) is 0 Å². The van der Waals surface area contributed by atoms with Gasteiger partial charge in [0.1, 0.15) is 46.5 Å². The molecule has 2 aromatic carbocycles. The minimum atomic E-state index is -4.80. The molecule has 3 rings (SSSR count). The smallest absolute Gasteiger partial charge is 0.408 e. The Hall–Kier alpha value is -6.61. The number of carbonyl (C=O) groups excluding carboxylic acids is 7. The predicted molar refractivity (Wildman–Crippen MR) is 263 cm³/mol. The highest BCUT2D eigenvalue weighted by molar-refractivity contribution is 5.96. The molecule has 1 saturated heterocycles. The average Bonchev–Trinajstić information content (AvgIpc) is 3.24. The summed E-state index contributed by atoms with van der Waals surface area (Å²) in [5, 5.41) is 25.5. The summed E-state index contributed by atoms with van der Waals surface area (Å²) in [6, 6.07) is 9.88. The fraction of sp³-hybridized carbons (Fsp3) is 0.608. The number of unbranched alkanes of at least 4 members (excludes halogenated alkanes) is 1. The van der Waals surface area contributed by atoms with Crippen molar-refractivity contribution in [2.24, 2.45) is 0 Å². The van der Waals surface area contributed by atoms with Crippen molar-refractivity contribution in [1.82, 2.24) is 36.8 Å². The lowest BCUT2D eigenvalue weighted by Crippen LogP contribution is -2.65. The first kappa shape index (κ1) is 60.7. The van der Waals surface area contributed by atoms with E-state index < -0.39 is 119 Å². The van der Waals surface area contributed by atoms with Crippen LogP contribution >= 0.6 is 0 Å². The molecule has 0 aliphatic carbocycles. The molecule has 22 heteroatoms. The maximum absolute atomic E-state index is 14.5. The molecule has 7 N–H and O–H groups in total. The van der Waals surface area contributed by atoms with Crippen LogP contribution < -0.4 is 31.9 Å². The van der Waals surface area contributed by atoms with Gasteiger partial charge in [-0.3, -0.25) is 19.2 Å². The lowest BCUT2D eigenvalue weighted by Gasteiger charge is -2.44. The summed E-state index contributed by atoms with van der Waals surface area (Å²) < 4.78 is 57.8. The molecule has 19 nitrogen and oxygen atoms in total. The first-order chi connectivity index (χ1) is 33.7. The van der Waals surface area contributed by atoms with Gasteiger partial charge in [-0.25, -0.2) is 19.2 Å². The molecular weight excluding hydrogens is 960 g/mol. The third-order valence-electron chi connectivity index (χ3n) is 11.1. The summed E-state index contributed by atoms with van der Waals surface area (Å²) in [6.45, 7) is 16.1. The van der Waals surface area contributed by atoms with Crippen molar-refractivity contribution in [3.8, 4) is 0 Å². The minimum absolute atomic E-state index is 0.0537. The van der Waals surface area contributed by atoms with Crippen molar-refractivity contribution in [2.45, 2.75) is 186 Å². The van der Waals surface area contributed by atoms with Gasteiger partial charge in [0.05, 0.1) is 0 Å². The van der Waals surface area contributed by atoms with E-state index in [-0.39, 0.29) is 58.0 Å². The van der Waals surface area contributed by atoms with Crippen molar-refractivity contribution in [2.75, 3.05) is 13.1 Å². The number of rotatable bonds is 21. The number of piperidine rings is 1. The molecule has 2 aromatic rings. The van der Waals surface area contributed by atoms with Crippen molar-refractivity contribution >= 4 is 47.9 Å². The number of nitrogens with zero attached hydrogens (tertiary/aromatic N) is 1. The van der Waals surface area contributed by atoms with Gasteiger partial charge in [0, 0.05) is 44.8 Å². The molecule has 1 fully saturated rings. The molecule has 0 spiro atoms. The molecule has 6 atom stereocenters. The van der Waals surface area contributed by atoms with Gasteiger partial charge in [-0.15, -0.1) is 0 Å². The average molecular weight is 1030 g/mol. The monoisotopic (exact) mass is 1030 g/mol. The molecule has 3 unspecified atom stereocenters. The molecule has 1 aliphatic rings. The number of alkyl carbamates (subject to hydrolysis) is 3. The number of halogens is 3. The van der Waals surface area contributed by atoms with Crippen molar-refractivity contribution in [1.29, 1.82) is 0 Å². The second-order valence-corrected chi connectivity index (χ2v) is 21.2. The maximum Gasteiger partial charge on any atom is 0.408 e. The first-order valence-corrected chi connectivity index (χ1v) is 24.3.